The highest BCUT2D eigenvalue weighted by molar-refractivity contribution is 5.78. The fourth-order valence-electron chi connectivity index (χ4n) is 2.77. The van der Waals surface area contributed by atoms with Gasteiger partial charge in [0.05, 0.1) is 11.2 Å². The lowest BCUT2D eigenvalue weighted by molar-refractivity contribution is 0.579. The highest BCUT2D eigenvalue weighted by atomic mass is 19.1. The average Bonchev–Trinajstić information content (AvgIpc) is 2.54. The van der Waals surface area contributed by atoms with Crippen molar-refractivity contribution < 1.29 is 13.2 Å². The first kappa shape index (κ1) is 17.2. The van der Waals surface area contributed by atoms with Crippen molar-refractivity contribution in [1.29, 1.82) is 0 Å². The number of benzene rings is 2. The molecule has 0 saturated heterocycles. The van der Waals surface area contributed by atoms with E-state index in [1.54, 1.807) is 0 Å². The molecule has 7 heteroatoms. The molecule has 0 fully saturated rings. The van der Waals surface area contributed by atoms with Gasteiger partial charge in [0.2, 0.25) is 0 Å². The highest BCUT2D eigenvalue weighted by Crippen LogP contribution is 2.18. The number of rotatable bonds is 5. The van der Waals surface area contributed by atoms with Crippen LogP contribution in [-0.4, -0.2) is 16.1 Å². The van der Waals surface area contributed by atoms with E-state index in [9.17, 15) is 18.0 Å². The summed E-state index contributed by atoms with van der Waals surface area (Å²) in [6, 6.07) is 6.88. The minimum Gasteiger partial charge on any atom is -0.330 e. The summed E-state index contributed by atoms with van der Waals surface area (Å²) in [5.41, 5.74) is 4.97. The fraction of sp³-hybridized carbons (Fsp3) is 0.222. The Bertz CT molecular complexity index is 965. The van der Waals surface area contributed by atoms with Gasteiger partial charge in [0.1, 0.15) is 28.7 Å². The van der Waals surface area contributed by atoms with E-state index < -0.39 is 23.0 Å². The number of hydrogen-bond acceptors (Lipinski definition) is 3. The van der Waals surface area contributed by atoms with Gasteiger partial charge in [-0.05, 0) is 43.7 Å². The van der Waals surface area contributed by atoms with E-state index in [0.717, 1.165) is 22.8 Å². The zero-order valence-corrected chi connectivity index (χ0v) is 13.3. The molecule has 130 valence electrons. The van der Waals surface area contributed by atoms with Crippen molar-refractivity contribution >= 4 is 10.9 Å². The molecule has 0 unspecified atom stereocenters. The van der Waals surface area contributed by atoms with E-state index in [4.69, 9.17) is 5.73 Å². The van der Waals surface area contributed by atoms with Crippen molar-refractivity contribution in [2.24, 2.45) is 5.73 Å². The number of hydrogen-bond donors (Lipinski definition) is 1. The Balaban J connectivity index is 2.29. The van der Waals surface area contributed by atoms with E-state index in [1.807, 2.05) is 0 Å². The smallest absolute Gasteiger partial charge is 0.268 e. The van der Waals surface area contributed by atoms with Gasteiger partial charge < -0.3 is 5.73 Å². The molecule has 25 heavy (non-hydrogen) atoms. The number of aryl methyl sites for hydroxylation is 1. The summed E-state index contributed by atoms with van der Waals surface area (Å²) in [5.74, 6) is -2.08. The molecule has 2 aromatic carbocycles. The molecule has 3 aromatic rings. The first-order valence-corrected chi connectivity index (χ1v) is 7.88. The summed E-state index contributed by atoms with van der Waals surface area (Å²) in [5, 5.41) is -0.213. The molecular weight excluding hydrogens is 331 g/mol. The van der Waals surface area contributed by atoms with Gasteiger partial charge >= 0.3 is 0 Å². The van der Waals surface area contributed by atoms with Crippen molar-refractivity contribution in [3.8, 4) is 5.69 Å². The van der Waals surface area contributed by atoms with Crippen LogP contribution in [0.1, 0.15) is 18.7 Å². The van der Waals surface area contributed by atoms with Gasteiger partial charge in [0.25, 0.3) is 5.56 Å². The second-order valence-corrected chi connectivity index (χ2v) is 5.68. The summed E-state index contributed by atoms with van der Waals surface area (Å²) >= 11 is 0. The molecule has 0 radical (unpaired) electrons. The van der Waals surface area contributed by atoms with Crippen LogP contribution in [0.15, 0.2) is 41.2 Å². The van der Waals surface area contributed by atoms with Crippen molar-refractivity contribution in [3.63, 3.8) is 0 Å². The minimum atomic E-state index is -0.830. The standard InChI is InChI=1S/C18H16F3N3O/c19-11-8-12(20)10-13(9-11)24-16(6-1-2-7-22)23-15-5-3-4-14(21)17(15)18(24)25/h3-5,8-10H,1-2,6-7,22H2. The monoisotopic (exact) mass is 347 g/mol. The maximum Gasteiger partial charge on any atom is 0.268 e. The average molecular weight is 347 g/mol. The van der Waals surface area contributed by atoms with Crippen LogP contribution in [0.2, 0.25) is 0 Å². The summed E-state index contributed by atoms with van der Waals surface area (Å²) in [6.45, 7) is 0.473. The van der Waals surface area contributed by atoms with Crippen LogP contribution in [0.5, 0.6) is 0 Å². The topological polar surface area (TPSA) is 60.9 Å². The van der Waals surface area contributed by atoms with Gasteiger partial charge in [-0.25, -0.2) is 18.2 Å². The van der Waals surface area contributed by atoms with Crippen molar-refractivity contribution in [1.82, 2.24) is 9.55 Å². The molecule has 0 spiro atoms. The zero-order chi connectivity index (χ0) is 18.0. The normalized spacial score (nSPS) is 11.2. The maximum atomic E-state index is 14.1. The predicted octanol–water partition coefficient (Wildman–Crippen LogP) is 3.08. The van der Waals surface area contributed by atoms with Crippen LogP contribution in [0.4, 0.5) is 13.2 Å². The van der Waals surface area contributed by atoms with Crippen LogP contribution >= 0.6 is 0 Å². The van der Waals surface area contributed by atoms with Gasteiger partial charge in [0, 0.05) is 12.5 Å². The van der Waals surface area contributed by atoms with Gasteiger partial charge in [-0.15, -0.1) is 0 Å². The number of fused-ring (bicyclic) bond motifs is 1. The van der Waals surface area contributed by atoms with Gasteiger partial charge in [-0.3, -0.25) is 9.36 Å². The number of unbranched alkanes of at least 4 members (excludes halogenated alkanes) is 1. The molecule has 0 saturated carbocycles. The number of halogens is 3. The number of aromatic nitrogens is 2. The maximum absolute atomic E-state index is 14.1. The third kappa shape index (κ3) is 3.41. The Morgan fingerprint density at radius 1 is 1.04 bits per heavy atom. The Labute approximate surface area is 141 Å². The Kier molecular flexibility index (Phi) is 4.85. The molecule has 3 rings (SSSR count). The fourth-order valence-corrected chi connectivity index (χ4v) is 2.77. The zero-order valence-electron chi connectivity index (χ0n) is 13.3. The van der Waals surface area contributed by atoms with Crippen LogP contribution < -0.4 is 11.3 Å². The molecule has 1 heterocycles. The summed E-state index contributed by atoms with van der Waals surface area (Å²) in [7, 11) is 0. The molecule has 0 aliphatic rings. The quantitative estimate of drug-likeness (QED) is 0.722. The minimum absolute atomic E-state index is 0.0251. The summed E-state index contributed by atoms with van der Waals surface area (Å²) in [4.78, 5) is 17.2. The first-order valence-electron chi connectivity index (χ1n) is 7.88. The lowest BCUT2D eigenvalue weighted by atomic mass is 10.1. The van der Waals surface area contributed by atoms with Crippen LogP contribution in [0, 0.1) is 17.5 Å². The number of nitrogens with zero attached hydrogens (tertiary/aromatic N) is 2. The largest absolute Gasteiger partial charge is 0.330 e. The molecular formula is C18H16F3N3O. The van der Waals surface area contributed by atoms with Crippen LogP contribution in [0.25, 0.3) is 16.6 Å². The van der Waals surface area contributed by atoms with Gasteiger partial charge in [0.15, 0.2) is 0 Å². The molecule has 2 N–H and O–H groups in total. The van der Waals surface area contributed by atoms with E-state index >= 15 is 0 Å². The van der Waals surface area contributed by atoms with Crippen molar-refractivity contribution in [2.45, 2.75) is 19.3 Å². The van der Waals surface area contributed by atoms with Gasteiger partial charge in [-0.2, -0.15) is 0 Å². The Hall–Kier alpha value is -2.67. The first-order chi connectivity index (χ1) is 12.0. The third-order valence-corrected chi connectivity index (χ3v) is 3.88. The SMILES string of the molecule is NCCCCc1nc2cccc(F)c2c(=O)n1-c1cc(F)cc(F)c1. The molecule has 0 aliphatic heterocycles. The van der Waals surface area contributed by atoms with Crippen LogP contribution in [-0.2, 0) is 6.42 Å². The molecule has 0 atom stereocenters. The third-order valence-electron chi connectivity index (χ3n) is 3.88. The molecule has 4 nitrogen and oxygen atoms in total. The summed E-state index contributed by atoms with van der Waals surface area (Å²) < 4.78 is 42.4. The summed E-state index contributed by atoms with van der Waals surface area (Å²) in [6.07, 6.45) is 1.72. The second kappa shape index (κ2) is 7.06. The highest BCUT2D eigenvalue weighted by Gasteiger charge is 2.16. The predicted molar refractivity (Wildman–Crippen MR) is 89.2 cm³/mol. The molecule has 0 bridgehead atoms. The van der Waals surface area contributed by atoms with E-state index in [0.29, 0.717) is 37.7 Å². The Morgan fingerprint density at radius 3 is 2.44 bits per heavy atom. The van der Waals surface area contributed by atoms with E-state index in [2.05, 4.69) is 4.98 Å². The second-order valence-electron chi connectivity index (χ2n) is 5.68. The molecule has 1 aromatic heterocycles. The van der Waals surface area contributed by atoms with E-state index in [-0.39, 0.29) is 16.6 Å². The molecule has 0 amide bonds. The lowest BCUT2D eigenvalue weighted by Gasteiger charge is -2.14. The van der Waals surface area contributed by atoms with Crippen molar-refractivity contribution in [2.75, 3.05) is 6.54 Å². The van der Waals surface area contributed by atoms with Gasteiger partial charge in [-0.1, -0.05) is 6.07 Å². The van der Waals surface area contributed by atoms with E-state index in [1.165, 1.54) is 12.1 Å². The number of nitrogens with two attached hydrogens (primary N) is 1. The van der Waals surface area contributed by atoms with Crippen LogP contribution in [0.3, 0.4) is 0 Å². The van der Waals surface area contributed by atoms with Crippen molar-refractivity contribution in [3.05, 3.63) is 70.0 Å². The molecule has 0 aliphatic carbocycles. The lowest BCUT2D eigenvalue weighted by Crippen LogP contribution is -2.25. The Morgan fingerprint density at radius 2 is 1.76 bits per heavy atom.